The molecule has 0 bridgehead atoms. The number of carbonyl (C=O) groups is 1. The molecule has 2 N–H and O–H groups in total. The molecular weight excluding hydrogens is 379 g/mol. The lowest BCUT2D eigenvalue weighted by molar-refractivity contribution is -0.116. The second-order valence-electron chi connectivity index (χ2n) is 5.06. The van der Waals surface area contributed by atoms with Gasteiger partial charge in [-0.05, 0) is 40.6 Å². The van der Waals surface area contributed by atoms with Crippen LogP contribution in [0.2, 0.25) is 0 Å². The summed E-state index contributed by atoms with van der Waals surface area (Å²) >= 11 is 2.22. The van der Waals surface area contributed by atoms with E-state index in [1.807, 2.05) is 24.3 Å². The first kappa shape index (κ1) is 14.1. The molecule has 1 aromatic carbocycles. The zero-order valence-electron chi connectivity index (χ0n) is 11.2. The second-order valence-corrected chi connectivity index (χ2v) is 6.22. The molecule has 2 aliphatic rings. The summed E-state index contributed by atoms with van der Waals surface area (Å²) in [6.07, 6.45) is 1.96. The molecule has 1 atom stereocenters. The number of benzene rings is 1. The molecule has 1 aromatic rings. The third-order valence-electron chi connectivity index (χ3n) is 3.82. The number of hydrogen-bond donors (Lipinski definition) is 1. The van der Waals surface area contributed by atoms with E-state index >= 15 is 0 Å². The molecular formula is C16H13IN2O2. The predicted octanol–water partition coefficient (Wildman–Crippen LogP) is 3.11. The van der Waals surface area contributed by atoms with Gasteiger partial charge in [0.15, 0.2) is 5.78 Å². The highest BCUT2D eigenvalue weighted by Crippen LogP contribution is 2.44. The minimum atomic E-state index is -0.403. The van der Waals surface area contributed by atoms with Crippen LogP contribution in [0.5, 0.6) is 0 Å². The highest BCUT2D eigenvalue weighted by atomic mass is 127. The predicted molar refractivity (Wildman–Crippen MR) is 85.7 cm³/mol. The van der Waals surface area contributed by atoms with Gasteiger partial charge < -0.3 is 10.5 Å². The maximum Gasteiger partial charge on any atom is 0.205 e. The van der Waals surface area contributed by atoms with Crippen LogP contribution in [0, 0.1) is 14.9 Å². The average Bonchev–Trinajstić information content (AvgIpc) is 2.47. The molecule has 0 aromatic heterocycles. The summed E-state index contributed by atoms with van der Waals surface area (Å²) in [7, 11) is 0. The number of nitrogens with two attached hydrogens (primary N) is 1. The summed E-state index contributed by atoms with van der Waals surface area (Å²) in [5.74, 6) is 0.406. The molecule has 5 heteroatoms. The summed E-state index contributed by atoms with van der Waals surface area (Å²) in [4.78, 5) is 12.4. The Balaban J connectivity index is 2.23. The van der Waals surface area contributed by atoms with Crippen molar-refractivity contribution in [2.24, 2.45) is 5.73 Å². The molecule has 0 unspecified atom stereocenters. The summed E-state index contributed by atoms with van der Waals surface area (Å²) in [6, 6.07) is 9.87. The van der Waals surface area contributed by atoms with Gasteiger partial charge in [0.1, 0.15) is 17.4 Å². The monoisotopic (exact) mass is 392 g/mol. The number of halogens is 1. The lowest BCUT2D eigenvalue weighted by atomic mass is 9.78. The Morgan fingerprint density at radius 2 is 2.10 bits per heavy atom. The van der Waals surface area contributed by atoms with E-state index in [2.05, 4.69) is 28.7 Å². The average molecular weight is 392 g/mol. The number of ether oxygens (including phenoxy) is 1. The van der Waals surface area contributed by atoms with E-state index in [1.165, 1.54) is 0 Å². The third-order valence-corrected chi connectivity index (χ3v) is 4.80. The van der Waals surface area contributed by atoms with E-state index in [0.717, 1.165) is 15.6 Å². The van der Waals surface area contributed by atoms with Crippen LogP contribution in [0.1, 0.15) is 30.7 Å². The van der Waals surface area contributed by atoms with Gasteiger partial charge in [0.2, 0.25) is 5.88 Å². The number of rotatable bonds is 1. The third kappa shape index (κ3) is 2.33. The van der Waals surface area contributed by atoms with Crippen molar-refractivity contribution in [3.8, 4) is 6.07 Å². The Labute approximate surface area is 136 Å². The number of nitrogens with zero attached hydrogens (tertiary/aromatic N) is 1. The molecule has 106 valence electrons. The smallest absolute Gasteiger partial charge is 0.205 e. The Morgan fingerprint density at radius 1 is 1.33 bits per heavy atom. The fourth-order valence-corrected chi connectivity index (χ4v) is 3.58. The zero-order valence-corrected chi connectivity index (χ0v) is 13.4. The van der Waals surface area contributed by atoms with Crippen molar-refractivity contribution in [2.45, 2.75) is 25.2 Å². The first-order chi connectivity index (χ1) is 10.1. The second kappa shape index (κ2) is 5.53. The minimum Gasteiger partial charge on any atom is -0.444 e. The summed E-state index contributed by atoms with van der Waals surface area (Å²) in [5, 5.41) is 9.46. The molecule has 0 amide bonds. The van der Waals surface area contributed by atoms with E-state index in [-0.39, 0.29) is 11.7 Å². The van der Waals surface area contributed by atoms with Crippen molar-refractivity contribution in [1.29, 1.82) is 5.26 Å². The maximum atomic E-state index is 12.4. The number of hydrogen-bond acceptors (Lipinski definition) is 4. The first-order valence-corrected chi connectivity index (χ1v) is 7.79. The van der Waals surface area contributed by atoms with Gasteiger partial charge in [-0.3, -0.25) is 4.79 Å². The first-order valence-electron chi connectivity index (χ1n) is 6.71. The van der Waals surface area contributed by atoms with Crippen molar-refractivity contribution in [2.75, 3.05) is 0 Å². The topological polar surface area (TPSA) is 76.1 Å². The van der Waals surface area contributed by atoms with E-state index in [0.29, 0.717) is 29.7 Å². The Hall–Kier alpha value is -1.81. The van der Waals surface area contributed by atoms with Gasteiger partial charge in [0, 0.05) is 22.0 Å². The number of allylic oxidation sites excluding steroid dienone is 3. The molecule has 1 aliphatic heterocycles. The number of ketones is 1. The number of nitriles is 1. The van der Waals surface area contributed by atoms with Gasteiger partial charge in [0.25, 0.3) is 0 Å². The van der Waals surface area contributed by atoms with E-state index < -0.39 is 5.92 Å². The molecule has 0 saturated carbocycles. The van der Waals surface area contributed by atoms with Gasteiger partial charge in [-0.2, -0.15) is 5.26 Å². The molecule has 3 rings (SSSR count). The van der Waals surface area contributed by atoms with Crippen LogP contribution in [0.4, 0.5) is 0 Å². The van der Waals surface area contributed by atoms with Crippen LogP contribution < -0.4 is 5.73 Å². The van der Waals surface area contributed by atoms with Crippen molar-refractivity contribution in [3.05, 3.63) is 56.2 Å². The van der Waals surface area contributed by atoms with Crippen molar-refractivity contribution < 1.29 is 9.53 Å². The molecule has 21 heavy (non-hydrogen) atoms. The van der Waals surface area contributed by atoms with E-state index in [4.69, 9.17) is 10.5 Å². The summed E-state index contributed by atoms with van der Waals surface area (Å²) in [6.45, 7) is 0. The largest absolute Gasteiger partial charge is 0.444 e. The van der Waals surface area contributed by atoms with Gasteiger partial charge in [-0.25, -0.2) is 0 Å². The van der Waals surface area contributed by atoms with Gasteiger partial charge in [-0.1, -0.05) is 18.2 Å². The Bertz CT molecular complexity index is 728. The van der Waals surface area contributed by atoms with Crippen molar-refractivity contribution in [1.82, 2.24) is 0 Å². The van der Waals surface area contributed by atoms with Gasteiger partial charge in [-0.15, -0.1) is 0 Å². The van der Waals surface area contributed by atoms with Gasteiger partial charge in [0.05, 0.1) is 5.92 Å². The molecule has 0 saturated heterocycles. The molecule has 0 fully saturated rings. The number of carbonyl (C=O) groups excluding carboxylic acids is 1. The number of Topliss-reactive ketones (excluding diaryl/α,β-unsaturated/α-hetero) is 1. The summed E-state index contributed by atoms with van der Waals surface area (Å²) < 4.78 is 6.55. The van der Waals surface area contributed by atoms with Crippen LogP contribution in [-0.4, -0.2) is 5.78 Å². The molecule has 1 aliphatic carbocycles. The molecule has 4 nitrogen and oxygen atoms in total. The summed E-state index contributed by atoms with van der Waals surface area (Å²) in [5.41, 5.74) is 7.78. The SMILES string of the molecule is N#CC1=C(N)OC2=C(C(=O)CCC2)[C@@H]1c1ccccc1I. The Morgan fingerprint density at radius 3 is 2.81 bits per heavy atom. The van der Waals surface area contributed by atoms with Crippen LogP contribution >= 0.6 is 22.6 Å². The fraction of sp³-hybridized carbons (Fsp3) is 0.250. The Kier molecular flexibility index (Phi) is 3.72. The van der Waals surface area contributed by atoms with Gasteiger partial charge >= 0.3 is 0 Å². The van der Waals surface area contributed by atoms with Crippen molar-refractivity contribution >= 4 is 28.4 Å². The molecule has 0 spiro atoms. The highest BCUT2D eigenvalue weighted by Gasteiger charge is 2.38. The molecule has 1 heterocycles. The normalized spacial score (nSPS) is 21.7. The molecule has 0 radical (unpaired) electrons. The lowest BCUT2D eigenvalue weighted by Gasteiger charge is -2.31. The van der Waals surface area contributed by atoms with Crippen LogP contribution in [-0.2, 0) is 9.53 Å². The van der Waals surface area contributed by atoms with E-state index in [9.17, 15) is 10.1 Å². The van der Waals surface area contributed by atoms with Crippen LogP contribution in [0.3, 0.4) is 0 Å². The van der Waals surface area contributed by atoms with E-state index in [1.54, 1.807) is 0 Å². The lowest BCUT2D eigenvalue weighted by Crippen LogP contribution is -2.27. The minimum absolute atomic E-state index is 0.0566. The fourth-order valence-electron chi connectivity index (χ4n) is 2.88. The maximum absolute atomic E-state index is 12.4. The zero-order chi connectivity index (χ0) is 15.0. The van der Waals surface area contributed by atoms with Crippen LogP contribution in [0.15, 0.2) is 47.1 Å². The van der Waals surface area contributed by atoms with Crippen molar-refractivity contribution in [3.63, 3.8) is 0 Å². The standard InChI is InChI=1S/C16H13IN2O2/c17-11-5-2-1-4-9(11)14-10(8-18)16(19)21-13-7-3-6-12(20)15(13)14/h1-2,4-5,14H,3,6-7,19H2/t14-/m1/s1. The quantitative estimate of drug-likeness (QED) is 0.746. The highest BCUT2D eigenvalue weighted by molar-refractivity contribution is 14.1. The van der Waals surface area contributed by atoms with Crippen LogP contribution in [0.25, 0.3) is 0 Å².